The number of nitrogens with one attached hydrogen (secondary N) is 1. The van der Waals surface area contributed by atoms with Gasteiger partial charge in [0.1, 0.15) is 0 Å². The molecular formula is C17H34N2. The fraction of sp³-hybridized carbons (Fsp3) is 0.882. The summed E-state index contributed by atoms with van der Waals surface area (Å²) in [7, 11) is 0. The summed E-state index contributed by atoms with van der Waals surface area (Å²) in [4.78, 5) is 2.71. The van der Waals surface area contributed by atoms with Crippen LogP contribution in [-0.4, -0.2) is 36.1 Å². The Balaban J connectivity index is 2.87. The Morgan fingerprint density at radius 3 is 2.21 bits per heavy atom. The van der Waals surface area contributed by atoms with E-state index in [0.29, 0.717) is 11.6 Å². The monoisotopic (exact) mass is 266 g/mol. The number of nitrogens with zero attached hydrogens (tertiary/aromatic N) is 1. The van der Waals surface area contributed by atoms with Crippen molar-refractivity contribution in [2.75, 3.05) is 19.6 Å². The summed E-state index contributed by atoms with van der Waals surface area (Å²) in [6.45, 7) is 16.5. The summed E-state index contributed by atoms with van der Waals surface area (Å²) < 4.78 is 0. The summed E-state index contributed by atoms with van der Waals surface area (Å²) in [6.07, 6.45) is 7.91. The normalized spacial score (nSPS) is 19.8. The lowest BCUT2D eigenvalue weighted by molar-refractivity contribution is 0.0603. The van der Waals surface area contributed by atoms with E-state index < -0.39 is 0 Å². The van der Waals surface area contributed by atoms with Gasteiger partial charge in [-0.3, -0.25) is 4.90 Å². The van der Waals surface area contributed by atoms with E-state index in [1.807, 2.05) is 0 Å². The second kappa shape index (κ2) is 8.06. The molecule has 0 saturated heterocycles. The van der Waals surface area contributed by atoms with E-state index in [9.17, 15) is 0 Å². The number of rotatable bonds is 9. The molecule has 0 amide bonds. The minimum absolute atomic E-state index is 0.398. The summed E-state index contributed by atoms with van der Waals surface area (Å²) in [6, 6.07) is 0.622. The van der Waals surface area contributed by atoms with Gasteiger partial charge >= 0.3 is 0 Å². The molecule has 0 aromatic carbocycles. The molecule has 1 saturated carbocycles. The van der Waals surface area contributed by atoms with Crippen LogP contribution in [0, 0.1) is 0 Å². The fourth-order valence-corrected chi connectivity index (χ4v) is 3.92. The predicted molar refractivity (Wildman–Crippen MR) is 85.6 cm³/mol. The largest absolute Gasteiger partial charge is 0.312 e. The molecule has 2 nitrogen and oxygen atoms in total. The lowest BCUT2D eigenvalue weighted by atomic mass is 9.82. The molecule has 0 bridgehead atoms. The third-order valence-corrected chi connectivity index (χ3v) is 4.82. The van der Waals surface area contributed by atoms with Crippen molar-refractivity contribution in [3.63, 3.8) is 0 Å². The van der Waals surface area contributed by atoms with E-state index >= 15 is 0 Å². The molecule has 112 valence electrons. The number of likely N-dealkylation sites (N-methyl/N-ethyl adjacent to an activating group) is 2. The van der Waals surface area contributed by atoms with E-state index in [1.165, 1.54) is 50.8 Å². The Bertz CT molecular complexity index is 262. The Morgan fingerprint density at radius 1 is 1.21 bits per heavy atom. The number of hydrogen-bond acceptors (Lipinski definition) is 2. The van der Waals surface area contributed by atoms with Crippen LogP contribution in [0.25, 0.3) is 0 Å². The molecule has 1 N–H and O–H groups in total. The van der Waals surface area contributed by atoms with E-state index in [2.05, 4.69) is 44.5 Å². The first-order valence-corrected chi connectivity index (χ1v) is 8.23. The van der Waals surface area contributed by atoms with Gasteiger partial charge in [-0.15, -0.1) is 6.58 Å². The van der Waals surface area contributed by atoms with Crippen molar-refractivity contribution < 1.29 is 0 Å². The average molecular weight is 266 g/mol. The average Bonchev–Trinajstić information content (AvgIpc) is 2.86. The first-order chi connectivity index (χ1) is 9.10. The molecule has 1 rings (SSSR count). The lowest BCUT2D eigenvalue weighted by Gasteiger charge is -2.47. The van der Waals surface area contributed by atoms with Crippen molar-refractivity contribution >= 4 is 0 Å². The van der Waals surface area contributed by atoms with Crippen molar-refractivity contribution in [2.45, 2.75) is 77.8 Å². The van der Waals surface area contributed by atoms with Crippen molar-refractivity contribution in [2.24, 2.45) is 0 Å². The highest BCUT2D eigenvalue weighted by molar-refractivity contribution is 5.04. The number of allylic oxidation sites excluding steroid dienone is 1. The second-order valence-electron chi connectivity index (χ2n) is 6.09. The third-order valence-electron chi connectivity index (χ3n) is 4.82. The molecular weight excluding hydrogens is 232 g/mol. The van der Waals surface area contributed by atoms with Gasteiger partial charge in [-0.1, -0.05) is 39.2 Å². The highest BCUT2D eigenvalue weighted by Crippen LogP contribution is 2.39. The van der Waals surface area contributed by atoms with Crippen LogP contribution in [0.1, 0.15) is 66.2 Å². The van der Waals surface area contributed by atoms with Gasteiger partial charge in [0.05, 0.1) is 0 Å². The molecule has 0 aromatic rings. The quantitative estimate of drug-likeness (QED) is 0.635. The molecule has 0 spiro atoms. The van der Waals surface area contributed by atoms with Crippen LogP contribution in [0.5, 0.6) is 0 Å². The molecule has 1 atom stereocenters. The van der Waals surface area contributed by atoms with Gasteiger partial charge in [-0.2, -0.15) is 0 Å². The first kappa shape index (κ1) is 16.7. The Labute approximate surface area is 120 Å². The van der Waals surface area contributed by atoms with Gasteiger partial charge < -0.3 is 5.32 Å². The molecule has 1 fully saturated rings. The zero-order chi connectivity index (χ0) is 14.3. The van der Waals surface area contributed by atoms with Crippen LogP contribution in [0.3, 0.4) is 0 Å². The maximum absolute atomic E-state index is 4.08. The fourth-order valence-electron chi connectivity index (χ4n) is 3.92. The van der Waals surface area contributed by atoms with Gasteiger partial charge in [-0.25, -0.2) is 0 Å². The van der Waals surface area contributed by atoms with Gasteiger partial charge in [0.15, 0.2) is 0 Å². The highest BCUT2D eigenvalue weighted by Gasteiger charge is 2.44. The van der Waals surface area contributed by atoms with Crippen LogP contribution in [0.4, 0.5) is 0 Å². The smallest absolute Gasteiger partial charge is 0.0362 e. The van der Waals surface area contributed by atoms with Gasteiger partial charge in [-0.05, 0) is 52.2 Å². The molecule has 0 aromatic heterocycles. The number of hydrogen-bond donors (Lipinski definition) is 1. The minimum atomic E-state index is 0.398. The molecule has 2 heteroatoms. The lowest BCUT2D eigenvalue weighted by Crippen LogP contribution is -2.59. The SMILES string of the molecule is C=C(C)CCC(NCC)C1(N(CC)CC)CCCC1. The van der Waals surface area contributed by atoms with Crippen LogP contribution < -0.4 is 5.32 Å². The Kier molecular flexibility index (Phi) is 7.09. The Morgan fingerprint density at radius 2 is 1.79 bits per heavy atom. The minimum Gasteiger partial charge on any atom is -0.312 e. The molecule has 1 aliphatic carbocycles. The summed E-state index contributed by atoms with van der Waals surface area (Å²) in [5.41, 5.74) is 1.71. The van der Waals surface area contributed by atoms with Crippen LogP contribution in [-0.2, 0) is 0 Å². The topological polar surface area (TPSA) is 15.3 Å². The van der Waals surface area contributed by atoms with E-state index in [1.54, 1.807) is 0 Å². The van der Waals surface area contributed by atoms with E-state index in [4.69, 9.17) is 0 Å². The van der Waals surface area contributed by atoms with Crippen LogP contribution in [0.2, 0.25) is 0 Å². The summed E-state index contributed by atoms with van der Waals surface area (Å²) in [5, 5.41) is 3.79. The second-order valence-corrected chi connectivity index (χ2v) is 6.09. The summed E-state index contributed by atoms with van der Waals surface area (Å²) in [5.74, 6) is 0. The maximum Gasteiger partial charge on any atom is 0.0362 e. The first-order valence-electron chi connectivity index (χ1n) is 8.23. The Hall–Kier alpha value is -0.340. The van der Waals surface area contributed by atoms with Gasteiger partial charge in [0.25, 0.3) is 0 Å². The van der Waals surface area contributed by atoms with Crippen LogP contribution >= 0.6 is 0 Å². The zero-order valence-electron chi connectivity index (χ0n) is 13.6. The van der Waals surface area contributed by atoms with Gasteiger partial charge in [0, 0.05) is 11.6 Å². The van der Waals surface area contributed by atoms with Crippen LogP contribution in [0.15, 0.2) is 12.2 Å². The maximum atomic E-state index is 4.08. The van der Waals surface area contributed by atoms with E-state index in [-0.39, 0.29) is 0 Å². The molecule has 1 aliphatic rings. The molecule has 0 radical (unpaired) electrons. The van der Waals surface area contributed by atoms with E-state index in [0.717, 1.165) is 13.0 Å². The predicted octanol–water partition coefficient (Wildman–Crippen LogP) is 3.98. The molecule has 0 heterocycles. The summed E-state index contributed by atoms with van der Waals surface area (Å²) >= 11 is 0. The van der Waals surface area contributed by atoms with Crippen molar-refractivity contribution in [3.05, 3.63) is 12.2 Å². The third kappa shape index (κ3) is 4.06. The molecule has 19 heavy (non-hydrogen) atoms. The van der Waals surface area contributed by atoms with Crippen molar-refractivity contribution in [1.29, 1.82) is 0 Å². The highest BCUT2D eigenvalue weighted by atomic mass is 15.2. The van der Waals surface area contributed by atoms with Gasteiger partial charge in [0.2, 0.25) is 0 Å². The standard InChI is InChI=1S/C17H34N2/c1-6-18-16(12-11-15(4)5)17(13-9-10-14-17)19(7-2)8-3/h16,18H,4,6-14H2,1-3,5H3. The zero-order valence-corrected chi connectivity index (χ0v) is 13.6. The molecule has 0 aliphatic heterocycles. The van der Waals surface area contributed by atoms with Crippen molar-refractivity contribution in [3.8, 4) is 0 Å². The molecule has 1 unspecified atom stereocenters. The van der Waals surface area contributed by atoms with Crippen molar-refractivity contribution in [1.82, 2.24) is 10.2 Å².